The van der Waals surface area contributed by atoms with E-state index in [0.29, 0.717) is 28.0 Å². The van der Waals surface area contributed by atoms with Crippen molar-refractivity contribution in [1.82, 2.24) is 4.90 Å². The average Bonchev–Trinajstić information content (AvgIpc) is 3.08. The molecule has 4 rings (SSSR count). The summed E-state index contributed by atoms with van der Waals surface area (Å²) in [6.45, 7) is 2.03. The summed E-state index contributed by atoms with van der Waals surface area (Å²) in [5.41, 5.74) is 3.34. The van der Waals surface area contributed by atoms with Gasteiger partial charge < -0.3 is 14.6 Å². The van der Waals surface area contributed by atoms with Crippen molar-refractivity contribution in [3.63, 3.8) is 0 Å². The molecule has 1 fully saturated rings. The first-order valence-corrected chi connectivity index (χ1v) is 10.6. The first kappa shape index (κ1) is 22.3. The maximum atomic E-state index is 14.3. The first-order valence-electron chi connectivity index (χ1n) is 10.6. The number of nitrogens with zero attached hydrogens (tertiary/aromatic N) is 1. The van der Waals surface area contributed by atoms with Crippen LogP contribution in [0.4, 0.5) is 9.18 Å². The SMILES string of the molecule is COc1ccc(CC(=O)O)cc1-c1ccc(F)cc1CN1C(=O)OC(c2ccccc2)C1C. The zero-order valence-electron chi connectivity index (χ0n) is 18.3. The molecule has 1 saturated heterocycles. The van der Waals surface area contributed by atoms with Crippen LogP contribution in [0, 0.1) is 5.82 Å². The number of carbonyl (C=O) groups is 2. The summed E-state index contributed by atoms with van der Waals surface area (Å²) in [5.74, 6) is -0.864. The van der Waals surface area contributed by atoms with E-state index in [2.05, 4.69) is 0 Å². The van der Waals surface area contributed by atoms with Crippen LogP contribution in [0.2, 0.25) is 0 Å². The number of ether oxygens (including phenoxy) is 2. The van der Waals surface area contributed by atoms with Crippen molar-refractivity contribution < 1.29 is 28.6 Å². The molecule has 6 nitrogen and oxygen atoms in total. The highest BCUT2D eigenvalue weighted by atomic mass is 19.1. The Morgan fingerprint density at radius 1 is 1.09 bits per heavy atom. The van der Waals surface area contributed by atoms with Crippen molar-refractivity contribution in [3.05, 3.63) is 89.2 Å². The summed E-state index contributed by atoms with van der Waals surface area (Å²) in [4.78, 5) is 25.5. The Kier molecular flexibility index (Phi) is 6.31. The van der Waals surface area contributed by atoms with Crippen molar-refractivity contribution >= 4 is 12.1 Å². The standard InChI is InChI=1S/C26H24FNO5/c1-16-25(18-6-4-3-5-7-18)33-26(31)28(16)15-19-14-20(27)9-10-21(19)22-12-17(13-24(29)30)8-11-23(22)32-2/h3-12,14,16,25H,13,15H2,1-2H3,(H,29,30). The van der Waals surface area contributed by atoms with Crippen molar-refractivity contribution in [2.45, 2.75) is 32.0 Å². The molecule has 1 aliphatic rings. The molecular formula is C26H24FNO5. The maximum absolute atomic E-state index is 14.3. The third kappa shape index (κ3) is 4.67. The number of hydrogen-bond acceptors (Lipinski definition) is 4. The van der Waals surface area contributed by atoms with Crippen LogP contribution in [0.1, 0.15) is 29.7 Å². The Morgan fingerprint density at radius 2 is 1.85 bits per heavy atom. The van der Waals surface area contributed by atoms with E-state index in [1.807, 2.05) is 37.3 Å². The Labute approximate surface area is 191 Å². The zero-order chi connectivity index (χ0) is 23.5. The smallest absolute Gasteiger partial charge is 0.411 e. The normalized spacial score (nSPS) is 17.7. The number of cyclic esters (lactones) is 1. The van der Waals surface area contributed by atoms with Gasteiger partial charge in [0.15, 0.2) is 0 Å². The third-order valence-electron chi connectivity index (χ3n) is 5.84. The van der Waals surface area contributed by atoms with E-state index >= 15 is 0 Å². The lowest BCUT2D eigenvalue weighted by Gasteiger charge is -2.23. The van der Waals surface area contributed by atoms with Gasteiger partial charge in [-0.3, -0.25) is 9.69 Å². The second-order valence-electron chi connectivity index (χ2n) is 7.99. The van der Waals surface area contributed by atoms with Crippen molar-refractivity contribution in [2.24, 2.45) is 0 Å². The molecule has 0 aliphatic carbocycles. The fourth-order valence-electron chi connectivity index (χ4n) is 4.19. The lowest BCUT2D eigenvalue weighted by atomic mass is 9.95. The molecule has 0 aromatic heterocycles. The highest BCUT2D eigenvalue weighted by Crippen LogP contribution is 2.37. The molecule has 1 amide bonds. The number of carboxylic acids is 1. The molecule has 7 heteroatoms. The minimum Gasteiger partial charge on any atom is -0.496 e. The van der Waals surface area contributed by atoms with E-state index in [9.17, 15) is 19.1 Å². The van der Waals surface area contributed by atoms with E-state index in [1.54, 1.807) is 29.2 Å². The summed E-state index contributed by atoms with van der Waals surface area (Å²) in [6, 6.07) is 18.7. The third-order valence-corrected chi connectivity index (χ3v) is 5.84. The molecule has 3 aromatic carbocycles. The van der Waals surface area contributed by atoms with Gasteiger partial charge in [-0.25, -0.2) is 9.18 Å². The second kappa shape index (κ2) is 9.32. The Hall–Kier alpha value is -3.87. The molecule has 3 aromatic rings. The van der Waals surface area contributed by atoms with E-state index < -0.39 is 24.0 Å². The van der Waals surface area contributed by atoms with Gasteiger partial charge in [-0.05, 0) is 53.4 Å². The molecule has 0 bridgehead atoms. The quantitative estimate of drug-likeness (QED) is 0.536. The molecule has 1 aliphatic heterocycles. The van der Waals surface area contributed by atoms with Crippen LogP contribution in [-0.4, -0.2) is 35.2 Å². The van der Waals surface area contributed by atoms with Gasteiger partial charge in [0.1, 0.15) is 17.7 Å². The molecule has 170 valence electrons. The molecule has 0 radical (unpaired) electrons. The Bertz CT molecular complexity index is 1180. The number of carbonyl (C=O) groups excluding carboxylic acids is 1. The molecule has 2 unspecified atom stereocenters. The highest BCUT2D eigenvalue weighted by Gasteiger charge is 2.39. The van der Waals surface area contributed by atoms with Crippen LogP contribution in [0.15, 0.2) is 66.7 Å². The fraction of sp³-hybridized carbons (Fsp3) is 0.231. The van der Waals surface area contributed by atoms with Gasteiger partial charge in [-0.15, -0.1) is 0 Å². The van der Waals surface area contributed by atoms with Gasteiger partial charge >= 0.3 is 12.1 Å². The number of hydrogen-bond donors (Lipinski definition) is 1. The highest BCUT2D eigenvalue weighted by molar-refractivity contribution is 5.77. The summed E-state index contributed by atoms with van der Waals surface area (Å²) in [5, 5.41) is 9.17. The van der Waals surface area contributed by atoms with E-state index in [1.165, 1.54) is 19.2 Å². The number of methoxy groups -OCH3 is 1. The summed E-state index contributed by atoms with van der Waals surface area (Å²) in [6.07, 6.45) is -1.05. The monoisotopic (exact) mass is 449 g/mol. The summed E-state index contributed by atoms with van der Waals surface area (Å²) >= 11 is 0. The van der Waals surface area contributed by atoms with Gasteiger partial charge in [0.05, 0.1) is 26.1 Å². The van der Waals surface area contributed by atoms with Gasteiger partial charge in [-0.2, -0.15) is 0 Å². The predicted octanol–water partition coefficient (Wildman–Crippen LogP) is 5.21. The maximum Gasteiger partial charge on any atom is 0.411 e. The summed E-state index contributed by atoms with van der Waals surface area (Å²) < 4.78 is 25.4. The molecule has 33 heavy (non-hydrogen) atoms. The van der Waals surface area contributed by atoms with Crippen LogP contribution in [0.5, 0.6) is 5.75 Å². The number of amides is 1. The molecule has 1 heterocycles. The molecule has 0 spiro atoms. The first-order chi connectivity index (χ1) is 15.9. The predicted molar refractivity (Wildman–Crippen MR) is 120 cm³/mol. The number of carboxylic acid groups (broad SMARTS) is 1. The fourth-order valence-corrected chi connectivity index (χ4v) is 4.19. The Morgan fingerprint density at radius 3 is 2.55 bits per heavy atom. The topological polar surface area (TPSA) is 76.1 Å². The van der Waals surface area contributed by atoms with Gasteiger partial charge in [0, 0.05) is 5.56 Å². The van der Waals surface area contributed by atoms with Crippen LogP contribution < -0.4 is 4.74 Å². The van der Waals surface area contributed by atoms with Crippen LogP contribution in [0.3, 0.4) is 0 Å². The van der Waals surface area contributed by atoms with Gasteiger partial charge in [-0.1, -0.05) is 42.5 Å². The minimum atomic E-state index is -0.953. The molecule has 1 N–H and O–H groups in total. The molecular weight excluding hydrogens is 425 g/mol. The van der Waals surface area contributed by atoms with E-state index in [0.717, 1.165) is 5.56 Å². The van der Waals surface area contributed by atoms with Crippen LogP contribution in [0.25, 0.3) is 11.1 Å². The van der Waals surface area contributed by atoms with Crippen LogP contribution >= 0.6 is 0 Å². The van der Waals surface area contributed by atoms with Gasteiger partial charge in [0.25, 0.3) is 0 Å². The average molecular weight is 449 g/mol. The van der Waals surface area contributed by atoms with E-state index in [-0.39, 0.29) is 19.0 Å². The van der Waals surface area contributed by atoms with Crippen molar-refractivity contribution in [1.29, 1.82) is 0 Å². The lowest BCUT2D eigenvalue weighted by Crippen LogP contribution is -2.31. The molecule has 0 saturated carbocycles. The second-order valence-corrected chi connectivity index (χ2v) is 7.99. The van der Waals surface area contributed by atoms with Crippen LogP contribution in [-0.2, 0) is 22.5 Å². The van der Waals surface area contributed by atoms with Crippen molar-refractivity contribution in [2.75, 3.05) is 7.11 Å². The number of halogens is 1. The Balaban J connectivity index is 1.70. The number of benzene rings is 3. The van der Waals surface area contributed by atoms with Gasteiger partial charge in [0.2, 0.25) is 0 Å². The summed E-state index contributed by atoms with van der Waals surface area (Å²) in [7, 11) is 1.52. The minimum absolute atomic E-state index is 0.128. The van der Waals surface area contributed by atoms with E-state index in [4.69, 9.17) is 9.47 Å². The number of aliphatic carboxylic acids is 1. The molecule has 2 atom stereocenters. The lowest BCUT2D eigenvalue weighted by molar-refractivity contribution is -0.136. The largest absolute Gasteiger partial charge is 0.496 e. The zero-order valence-corrected chi connectivity index (χ0v) is 18.3. The number of rotatable bonds is 7. The van der Waals surface area contributed by atoms with Crippen molar-refractivity contribution in [3.8, 4) is 16.9 Å².